The number of hydrogen-bond acceptors (Lipinski definition) is 4. The average Bonchev–Trinajstić information content (AvgIpc) is 3.21. The molecule has 2 amide bonds. The molecule has 2 aromatic carbocycles. The summed E-state index contributed by atoms with van der Waals surface area (Å²) in [5.74, 6) is 1.27. The first-order valence-electron chi connectivity index (χ1n) is 9.78. The first kappa shape index (κ1) is 18.9. The van der Waals surface area contributed by atoms with Gasteiger partial charge in [0, 0.05) is 17.8 Å². The van der Waals surface area contributed by atoms with Gasteiger partial charge in [-0.1, -0.05) is 79.7 Å². The van der Waals surface area contributed by atoms with Crippen LogP contribution in [0.15, 0.2) is 70.9 Å². The number of nitrogens with zero attached hydrogens (tertiary/aromatic N) is 3. The molecule has 0 radical (unpaired) electrons. The molecular formula is C23H24N4O2. The number of benzene rings is 2. The fourth-order valence-corrected chi connectivity index (χ4v) is 3.58. The highest BCUT2D eigenvalue weighted by Crippen LogP contribution is 2.37. The van der Waals surface area contributed by atoms with Crippen molar-refractivity contribution in [3.05, 3.63) is 77.8 Å². The zero-order chi connectivity index (χ0) is 20.4. The van der Waals surface area contributed by atoms with Crippen LogP contribution >= 0.6 is 0 Å². The topological polar surface area (TPSA) is 71.3 Å². The third-order valence-electron chi connectivity index (χ3n) is 4.97. The van der Waals surface area contributed by atoms with E-state index < -0.39 is 0 Å². The Morgan fingerprint density at radius 2 is 1.72 bits per heavy atom. The molecule has 1 unspecified atom stereocenters. The molecule has 4 rings (SSSR count). The zero-order valence-electron chi connectivity index (χ0n) is 16.8. The van der Waals surface area contributed by atoms with Gasteiger partial charge in [0.25, 0.3) is 5.89 Å². The van der Waals surface area contributed by atoms with Gasteiger partial charge in [-0.05, 0) is 18.4 Å². The van der Waals surface area contributed by atoms with Crippen molar-refractivity contribution in [3.63, 3.8) is 0 Å². The second-order valence-corrected chi connectivity index (χ2v) is 7.59. The fraction of sp³-hybridized carbons (Fsp3) is 0.261. The van der Waals surface area contributed by atoms with Gasteiger partial charge >= 0.3 is 6.03 Å². The average molecular weight is 388 g/mol. The molecule has 3 aromatic rings. The molecule has 0 spiro atoms. The Labute approximate surface area is 170 Å². The summed E-state index contributed by atoms with van der Waals surface area (Å²) in [6.45, 7) is 6.73. The van der Waals surface area contributed by atoms with E-state index in [1.165, 1.54) is 0 Å². The summed E-state index contributed by atoms with van der Waals surface area (Å²) in [5.41, 5.74) is 3.51. The van der Waals surface area contributed by atoms with Crippen molar-refractivity contribution < 1.29 is 9.32 Å². The number of rotatable bonds is 5. The third kappa shape index (κ3) is 3.78. The first-order chi connectivity index (χ1) is 14.0. The highest BCUT2D eigenvalue weighted by Gasteiger charge is 2.35. The molecule has 0 saturated heterocycles. The molecule has 0 aliphatic carbocycles. The molecule has 1 atom stereocenters. The summed E-state index contributed by atoms with van der Waals surface area (Å²) >= 11 is 0. The second kappa shape index (κ2) is 7.91. The normalized spacial score (nSPS) is 17.0. The van der Waals surface area contributed by atoms with Crippen molar-refractivity contribution in [1.82, 2.24) is 20.4 Å². The minimum absolute atomic E-state index is 0.114. The Hall–Kier alpha value is -3.41. The molecule has 2 heterocycles. The fourth-order valence-electron chi connectivity index (χ4n) is 3.58. The van der Waals surface area contributed by atoms with E-state index >= 15 is 0 Å². The van der Waals surface area contributed by atoms with E-state index in [-0.39, 0.29) is 12.1 Å². The number of urea groups is 1. The molecular weight excluding hydrogens is 364 g/mol. The molecule has 0 saturated carbocycles. The third-order valence-corrected chi connectivity index (χ3v) is 4.97. The first-order valence-corrected chi connectivity index (χ1v) is 9.78. The summed E-state index contributed by atoms with van der Waals surface area (Å²) in [5, 5.41) is 7.30. The lowest BCUT2D eigenvalue weighted by Gasteiger charge is -2.36. The van der Waals surface area contributed by atoms with Crippen LogP contribution in [0.4, 0.5) is 4.79 Å². The standard InChI is InChI=1S/C23H24N4O2/c1-15(2)14-27-16(3)19(20(24-23(27)28)17-10-6-4-7-11-17)22-25-21(26-29-22)18-12-8-5-9-13-18/h4-13,15,20H,14H2,1-3H3,(H,24,28). The van der Waals surface area contributed by atoms with Gasteiger partial charge in [0.05, 0.1) is 11.6 Å². The van der Waals surface area contributed by atoms with Crippen molar-refractivity contribution in [2.45, 2.75) is 26.8 Å². The Kier molecular flexibility index (Phi) is 5.16. The summed E-state index contributed by atoms with van der Waals surface area (Å²) in [7, 11) is 0. The lowest BCUT2D eigenvalue weighted by Crippen LogP contribution is -2.47. The van der Waals surface area contributed by atoms with Crippen LogP contribution in [-0.4, -0.2) is 27.6 Å². The number of aromatic nitrogens is 2. The minimum atomic E-state index is -0.351. The van der Waals surface area contributed by atoms with Crippen LogP contribution in [0.5, 0.6) is 0 Å². The Morgan fingerprint density at radius 1 is 1.07 bits per heavy atom. The molecule has 0 fully saturated rings. The summed E-state index contributed by atoms with van der Waals surface area (Å²) in [6, 6.07) is 19.1. The number of amides is 2. The van der Waals surface area contributed by atoms with Crippen LogP contribution in [-0.2, 0) is 0 Å². The molecule has 0 bridgehead atoms. The van der Waals surface area contributed by atoms with Gasteiger partial charge < -0.3 is 9.84 Å². The molecule has 29 heavy (non-hydrogen) atoms. The van der Waals surface area contributed by atoms with E-state index in [2.05, 4.69) is 29.3 Å². The molecule has 1 N–H and O–H groups in total. The van der Waals surface area contributed by atoms with Gasteiger partial charge in [0.2, 0.25) is 5.82 Å². The Balaban J connectivity index is 1.81. The predicted octanol–water partition coefficient (Wildman–Crippen LogP) is 4.89. The van der Waals surface area contributed by atoms with Gasteiger partial charge in [-0.3, -0.25) is 4.90 Å². The quantitative estimate of drug-likeness (QED) is 0.675. The maximum Gasteiger partial charge on any atom is 0.322 e. The van der Waals surface area contributed by atoms with Gasteiger partial charge in [0.1, 0.15) is 0 Å². The van der Waals surface area contributed by atoms with Crippen molar-refractivity contribution in [2.24, 2.45) is 5.92 Å². The van der Waals surface area contributed by atoms with Crippen LogP contribution in [0.1, 0.15) is 38.3 Å². The molecule has 6 nitrogen and oxygen atoms in total. The van der Waals surface area contributed by atoms with Crippen LogP contribution in [0.3, 0.4) is 0 Å². The molecule has 6 heteroatoms. The molecule has 1 aliphatic rings. The maximum absolute atomic E-state index is 12.8. The largest absolute Gasteiger partial charge is 0.334 e. The van der Waals surface area contributed by atoms with Crippen molar-refractivity contribution in [1.29, 1.82) is 0 Å². The van der Waals surface area contributed by atoms with E-state index in [4.69, 9.17) is 4.52 Å². The van der Waals surface area contributed by atoms with E-state index in [1.807, 2.05) is 67.6 Å². The van der Waals surface area contributed by atoms with Crippen LogP contribution < -0.4 is 5.32 Å². The SMILES string of the molecule is CC1=C(c2nc(-c3ccccc3)no2)C(c2ccccc2)NC(=O)N1CC(C)C. The van der Waals surface area contributed by atoms with Crippen molar-refractivity contribution in [2.75, 3.05) is 6.54 Å². The van der Waals surface area contributed by atoms with Gasteiger partial charge in [-0.25, -0.2) is 4.79 Å². The van der Waals surface area contributed by atoms with Crippen molar-refractivity contribution >= 4 is 11.6 Å². The zero-order valence-corrected chi connectivity index (χ0v) is 16.8. The second-order valence-electron chi connectivity index (χ2n) is 7.59. The number of allylic oxidation sites excluding steroid dienone is 1. The Morgan fingerprint density at radius 3 is 2.38 bits per heavy atom. The smallest absolute Gasteiger partial charge is 0.322 e. The number of hydrogen-bond donors (Lipinski definition) is 1. The monoisotopic (exact) mass is 388 g/mol. The lowest BCUT2D eigenvalue weighted by molar-refractivity contribution is 0.199. The van der Waals surface area contributed by atoms with Crippen LogP contribution in [0.2, 0.25) is 0 Å². The molecule has 1 aromatic heterocycles. The highest BCUT2D eigenvalue weighted by molar-refractivity contribution is 5.86. The summed E-state index contributed by atoms with van der Waals surface area (Å²) in [6.07, 6.45) is 0. The van der Waals surface area contributed by atoms with Crippen LogP contribution in [0.25, 0.3) is 17.0 Å². The lowest BCUT2D eigenvalue weighted by atomic mass is 9.94. The number of carbonyl (C=O) groups excluding carboxylic acids is 1. The summed E-state index contributed by atoms with van der Waals surface area (Å²) < 4.78 is 5.67. The maximum atomic E-state index is 12.8. The highest BCUT2D eigenvalue weighted by atomic mass is 16.5. The van der Waals surface area contributed by atoms with Gasteiger partial charge in [-0.15, -0.1) is 0 Å². The number of nitrogens with one attached hydrogen (secondary N) is 1. The van der Waals surface area contributed by atoms with Gasteiger partial charge in [0.15, 0.2) is 0 Å². The Bertz CT molecular complexity index is 1030. The van der Waals surface area contributed by atoms with E-state index in [0.717, 1.165) is 22.4 Å². The summed E-state index contributed by atoms with van der Waals surface area (Å²) in [4.78, 5) is 19.3. The van der Waals surface area contributed by atoms with E-state index in [9.17, 15) is 4.79 Å². The van der Waals surface area contributed by atoms with Crippen molar-refractivity contribution in [3.8, 4) is 11.4 Å². The van der Waals surface area contributed by atoms with Gasteiger partial charge in [-0.2, -0.15) is 4.98 Å². The van der Waals surface area contributed by atoms with Crippen LogP contribution in [0, 0.1) is 5.92 Å². The predicted molar refractivity (Wildman–Crippen MR) is 112 cm³/mol. The van der Waals surface area contributed by atoms with E-state index in [1.54, 1.807) is 4.90 Å². The molecule has 148 valence electrons. The number of carbonyl (C=O) groups is 1. The molecule has 1 aliphatic heterocycles. The minimum Gasteiger partial charge on any atom is -0.334 e. The van der Waals surface area contributed by atoms with E-state index in [0.29, 0.717) is 24.2 Å².